The second-order valence-electron chi connectivity index (χ2n) is 6.00. The average Bonchev–Trinajstić information content (AvgIpc) is 2.84. The third-order valence-electron chi connectivity index (χ3n) is 4.29. The van der Waals surface area contributed by atoms with Crippen LogP contribution in [0.5, 0.6) is 0 Å². The lowest BCUT2D eigenvalue weighted by molar-refractivity contribution is -0.121. The molecule has 3 heterocycles. The Balaban J connectivity index is 1.31. The summed E-state index contributed by atoms with van der Waals surface area (Å²) in [4.78, 5) is 16.3. The summed E-state index contributed by atoms with van der Waals surface area (Å²) in [6.45, 7) is 0. The van der Waals surface area contributed by atoms with Crippen LogP contribution in [0, 0.1) is 0 Å². The maximum Gasteiger partial charge on any atom is 0.221 e. The van der Waals surface area contributed by atoms with E-state index < -0.39 is 0 Å². The zero-order chi connectivity index (χ0) is 14.5. The van der Waals surface area contributed by atoms with E-state index in [-0.39, 0.29) is 5.91 Å². The Morgan fingerprint density at radius 1 is 1.33 bits per heavy atom. The van der Waals surface area contributed by atoms with E-state index in [1.165, 1.54) is 12.8 Å². The van der Waals surface area contributed by atoms with Gasteiger partial charge in [-0.1, -0.05) is 6.07 Å². The number of nitrogens with one attached hydrogen (secondary N) is 2. The summed E-state index contributed by atoms with van der Waals surface area (Å²) in [7, 11) is 0. The van der Waals surface area contributed by atoms with Gasteiger partial charge < -0.3 is 10.6 Å². The first-order valence-electron chi connectivity index (χ1n) is 7.82. The Bertz CT molecular complexity index is 456. The fourth-order valence-corrected chi connectivity index (χ4v) is 4.15. The molecule has 2 aliphatic heterocycles. The monoisotopic (exact) mass is 305 g/mol. The fraction of sp³-hybridized carbons (Fsp3) is 0.625. The number of rotatable bonds is 6. The van der Waals surface area contributed by atoms with Crippen LogP contribution in [0.3, 0.4) is 0 Å². The van der Waals surface area contributed by atoms with Crippen molar-refractivity contribution in [3.63, 3.8) is 0 Å². The van der Waals surface area contributed by atoms with E-state index in [2.05, 4.69) is 15.6 Å². The highest BCUT2D eigenvalue weighted by molar-refractivity contribution is 7.98. The van der Waals surface area contributed by atoms with Crippen LogP contribution in [0.1, 0.15) is 37.8 Å². The van der Waals surface area contributed by atoms with Crippen molar-refractivity contribution in [1.82, 2.24) is 15.6 Å². The van der Waals surface area contributed by atoms with Crippen molar-refractivity contribution in [2.24, 2.45) is 0 Å². The fourth-order valence-electron chi connectivity index (χ4n) is 3.30. The summed E-state index contributed by atoms with van der Waals surface area (Å²) in [5.74, 6) is 1.95. The minimum Gasteiger partial charge on any atom is -0.353 e. The van der Waals surface area contributed by atoms with E-state index in [4.69, 9.17) is 0 Å². The van der Waals surface area contributed by atoms with Crippen molar-refractivity contribution in [2.75, 3.05) is 5.75 Å². The molecule has 2 fully saturated rings. The van der Waals surface area contributed by atoms with Crippen molar-refractivity contribution in [3.05, 3.63) is 30.1 Å². The molecule has 21 heavy (non-hydrogen) atoms. The van der Waals surface area contributed by atoms with E-state index in [1.807, 2.05) is 24.4 Å². The summed E-state index contributed by atoms with van der Waals surface area (Å²) in [5, 5.41) is 6.81. The molecule has 2 bridgehead atoms. The highest BCUT2D eigenvalue weighted by atomic mass is 32.2. The number of fused-ring (bicyclic) bond motifs is 2. The lowest BCUT2D eigenvalue weighted by Gasteiger charge is -2.29. The Morgan fingerprint density at radius 3 is 2.86 bits per heavy atom. The number of amides is 1. The van der Waals surface area contributed by atoms with Crippen LogP contribution in [0.2, 0.25) is 0 Å². The lowest BCUT2D eigenvalue weighted by Crippen LogP contribution is -2.48. The van der Waals surface area contributed by atoms with Gasteiger partial charge in [-0.25, -0.2) is 0 Å². The van der Waals surface area contributed by atoms with Gasteiger partial charge in [0.05, 0.1) is 5.69 Å². The number of carbonyl (C=O) groups excluding carboxylic acids is 1. The molecule has 2 aliphatic rings. The topological polar surface area (TPSA) is 54.0 Å². The van der Waals surface area contributed by atoms with Gasteiger partial charge in [0.2, 0.25) is 5.91 Å². The van der Waals surface area contributed by atoms with E-state index >= 15 is 0 Å². The van der Waals surface area contributed by atoms with Crippen LogP contribution in [0.15, 0.2) is 24.4 Å². The normalized spacial score (nSPS) is 27.5. The molecule has 2 saturated heterocycles. The molecule has 0 radical (unpaired) electrons. The van der Waals surface area contributed by atoms with Gasteiger partial charge in [0, 0.05) is 42.2 Å². The van der Waals surface area contributed by atoms with Crippen molar-refractivity contribution in [3.8, 4) is 0 Å². The molecular weight excluding hydrogens is 282 g/mol. The predicted octanol–water partition coefficient (Wildman–Crippen LogP) is 2.10. The van der Waals surface area contributed by atoms with Crippen LogP contribution < -0.4 is 10.6 Å². The Kier molecular flexibility index (Phi) is 5.14. The van der Waals surface area contributed by atoms with Crippen LogP contribution in [0.25, 0.3) is 0 Å². The molecule has 2 unspecified atom stereocenters. The first-order valence-corrected chi connectivity index (χ1v) is 8.98. The second kappa shape index (κ2) is 7.27. The smallest absolute Gasteiger partial charge is 0.221 e. The Hall–Kier alpha value is -1.07. The van der Waals surface area contributed by atoms with E-state index in [1.54, 1.807) is 11.8 Å². The highest BCUT2D eigenvalue weighted by Gasteiger charge is 2.33. The number of nitrogens with zero attached hydrogens (tertiary/aromatic N) is 1. The van der Waals surface area contributed by atoms with E-state index in [0.29, 0.717) is 24.5 Å². The molecule has 5 heteroatoms. The van der Waals surface area contributed by atoms with Gasteiger partial charge in [-0.05, 0) is 37.8 Å². The molecule has 1 aromatic heterocycles. The van der Waals surface area contributed by atoms with E-state index in [9.17, 15) is 4.79 Å². The third-order valence-corrected chi connectivity index (χ3v) is 5.28. The quantitative estimate of drug-likeness (QED) is 0.790. The summed E-state index contributed by atoms with van der Waals surface area (Å²) in [5.41, 5.74) is 1.08. The largest absolute Gasteiger partial charge is 0.353 e. The van der Waals surface area contributed by atoms with E-state index in [0.717, 1.165) is 30.0 Å². The molecule has 3 rings (SSSR count). The van der Waals surface area contributed by atoms with Gasteiger partial charge in [-0.2, -0.15) is 11.8 Å². The number of carbonyl (C=O) groups is 1. The highest BCUT2D eigenvalue weighted by Crippen LogP contribution is 2.26. The molecule has 114 valence electrons. The number of hydrogen-bond donors (Lipinski definition) is 2. The van der Waals surface area contributed by atoms with Crippen LogP contribution in [0.4, 0.5) is 0 Å². The molecule has 1 aromatic rings. The molecule has 0 aliphatic carbocycles. The van der Waals surface area contributed by atoms with Crippen LogP contribution in [-0.4, -0.2) is 34.8 Å². The Morgan fingerprint density at radius 2 is 2.14 bits per heavy atom. The molecular formula is C16H23N3OS. The maximum absolute atomic E-state index is 12.0. The zero-order valence-corrected chi connectivity index (χ0v) is 13.1. The average molecular weight is 305 g/mol. The summed E-state index contributed by atoms with van der Waals surface area (Å²) in [6.07, 6.45) is 7.17. The molecule has 1 amide bonds. The van der Waals surface area contributed by atoms with Gasteiger partial charge >= 0.3 is 0 Å². The number of thioether (sulfide) groups is 1. The number of hydrogen-bond acceptors (Lipinski definition) is 4. The van der Waals surface area contributed by atoms with Gasteiger partial charge in [-0.3, -0.25) is 9.78 Å². The lowest BCUT2D eigenvalue weighted by atomic mass is 10.00. The minimum atomic E-state index is 0.204. The SMILES string of the molecule is O=C(CCSCc1ccccn1)NC1CC2CCC(C1)N2. The second-order valence-corrected chi connectivity index (χ2v) is 7.10. The van der Waals surface area contributed by atoms with Crippen molar-refractivity contribution >= 4 is 17.7 Å². The summed E-state index contributed by atoms with van der Waals surface area (Å²) < 4.78 is 0. The first kappa shape index (κ1) is 14.9. The number of piperidine rings is 1. The third kappa shape index (κ3) is 4.45. The first-order chi connectivity index (χ1) is 10.3. The maximum atomic E-state index is 12.0. The molecule has 2 atom stereocenters. The summed E-state index contributed by atoms with van der Waals surface area (Å²) in [6, 6.07) is 7.60. The van der Waals surface area contributed by atoms with Gasteiger partial charge in [0.15, 0.2) is 0 Å². The van der Waals surface area contributed by atoms with Gasteiger partial charge in [0.1, 0.15) is 0 Å². The number of aromatic nitrogens is 1. The molecule has 0 spiro atoms. The van der Waals surface area contributed by atoms with Crippen LogP contribution >= 0.6 is 11.8 Å². The van der Waals surface area contributed by atoms with Gasteiger partial charge in [-0.15, -0.1) is 0 Å². The summed E-state index contributed by atoms with van der Waals surface area (Å²) >= 11 is 1.77. The molecule has 0 saturated carbocycles. The standard InChI is InChI=1S/C16H23N3OS/c20-16(6-8-21-11-14-3-1-2-7-17-14)19-15-9-12-4-5-13(10-15)18-12/h1-3,7,12-13,15,18H,4-6,8-11H2,(H,19,20). The van der Waals surface area contributed by atoms with Crippen molar-refractivity contribution in [1.29, 1.82) is 0 Å². The minimum absolute atomic E-state index is 0.204. The van der Waals surface area contributed by atoms with Crippen molar-refractivity contribution in [2.45, 2.75) is 56.0 Å². The van der Waals surface area contributed by atoms with Crippen molar-refractivity contribution < 1.29 is 4.79 Å². The van der Waals surface area contributed by atoms with Gasteiger partial charge in [0.25, 0.3) is 0 Å². The zero-order valence-electron chi connectivity index (χ0n) is 12.3. The van der Waals surface area contributed by atoms with Crippen LogP contribution in [-0.2, 0) is 10.5 Å². The molecule has 2 N–H and O–H groups in total. The predicted molar refractivity (Wildman–Crippen MR) is 86.1 cm³/mol. The Labute approximate surface area is 130 Å². The number of pyridine rings is 1. The molecule has 4 nitrogen and oxygen atoms in total. The molecule has 0 aromatic carbocycles.